The van der Waals surface area contributed by atoms with Gasteiger partial charge in [0.1, 0.15) is 0 Å². The Morgan fingerprint density at radius 1 is 1.30 bits per heavy atom. The zero-order valence-corrected chi connectivity index (χ0v) is 13.4. The molecule has 1 aliphatic heterocycles. The molecule has 4 heteroatoms. The van der Waals surface area contributed by atoms with Crippen LogP contribution in [-0.4, -0.2) is 39.5 Å². The fraction of sp³-hybridized carbons (Fsp3) is 0.875. The molecule has 1 atom stereocenters. The average molecular weight is 278 g/mol. The predicted octanol–water partition coefficient (Wildman–Crippen LogP) is 3.30. The number of hydrogen-bond donors (Lipinski definition) is 0. The molecular formula is C16H30N4. The van der Waals surface area contributed by atoms with Gasteiger partial charge < -0.3 is 4.90 Å². The van der Waals surface area contributed by atoms with Crippen LogP contribution in [0.25, 0.3) is 0 Å². The van der Waals surface area contributed by atoms with Gasteiger partial charge >= 0.3 is 0 Å². The van der Waals surface area contributed by atoms with Crippen molar-refractivity contribution in [2.24, 2.45) is 5.92 Å². The summed E-state index contributed by atoms with van der Waals surface area (Å²) in [5, 5.41) is 8.65. The van der Waals surface area contributed by atoms with Crippen molar-refractivity contribution in [2.75, 3.05) is 19.6 Å². The van der Waals surface area contributed by atoms with Crippen LogP contribution in [0.5, 0.6) is 0 Å². The van der Waals surface area contributed by atoms with Crippen molar-refractivity contribution in [1.29, 1.82) is 0 Å². The molecule has 1 saturated heterocycles. The highest BCUT2D eigenvalue weighted by atomic mass is 15.4. The van der Waals surface area contributed by atoms with Gasteiger partial charge in [-0.25, -0.2) is 4.68 Å². The van der Waals surface area contributed by atoms with Crippen molar-refractivity contribution in [3.05, 3.63) is 11.9 Å². The monoisotopic (exact) mass is 278 g/mol. The van der Waals surface area contributed by atoms with Crippen molar-refractivity contribution in [2.45, 2.75) is 65.3 Å². The fourth-order valence-electron chi connectivity index (χ4n) is 2.90. The second kappa shape index (κ2) is 7.77. The molecule has 114 valence electrons. The summed E-state index contributed by atoms with van der Waals surface area (Å²) in [7, 11) is 0. The first-order valence-electron chi connectivity index (χ1n) is 8.36. The molecule has 1 aliphatic rings. The smallest absolute Gasteiger partial charge is 0.0827 e. The van der Waals surface area contributed by atoms with Crippen molar-refractivity contribution < 1.29 is 0 Å². The summed E-state index contributed by atoms with van der Waals surface area (Å²) in [6, 6.07) is 0.561. The summed E-state index contributed by atoms with van der Waals surface area (Å²) in [6.07, 6.45) is 9.39. The van der Waals surface area contributed by atoms with E-state index in [9.17, 15) is 0 Å². The summed E-state index contributed by atoms with van der Waals surface area (Å²) in [6.45, 7) is 10.5. The minimum Gasteiger partial charge on any atom is -0.303 e. The lowest BCUT2D eigenvalue weighted by atomic mass is 10.0. The third-order valence-electron chi connectivity index (χ3n) is 4.54. The Labute approximate surface area is 123 Å². The van der Waals surface area contributed by atoms with E-state index < -0.39 is 0 Å². The molecule has 1 aromatic rings. The second-order valence-corrected chi connectivity index (χ2v) is 6.34. The van der Waals surface area contributed by atoms with Crippen molar-refractivity contribution in [3.63, 3.8) is 0 Å². The number of nitrogens with zero attached hydrogens (tertiary/aromatic N) is 4. The van der Waals surface area contributed by atoms with E-state index in [-0.39, 0.29) is 0 Å². The molecule has 4 nitrogen and oxygen atoms in total. The lowest BCUT2D eigenvalue weighted by Crippen LogP contribution is -2.37. The molecule has 0 aliphatic carbocycles. The van der Waals surface area contributed by atoms with Crippen LogP contribution < -0.4 is 0 Å². The number of piperidine rings is 1. The van der Waals surface area contributed by atoms with Gasteiger partial charge in [0, 0.05) is 25.8 Å². The van der Waals surface area contributed by atoms with Gasteiger partial charge in [-0.1, -0.05) is 38.8 Å². The van der Waals surface area contributed by atoms with E-state index in [1.165, 1.54) is 51.7 Å². The number of unbranched alkanes of at least 4 members (excludes halogenated alkanes) is 1. The summed E-state index contributed by atoms with van der Waals surface area (Å²) < 4.78 is 2.12. The van der Waals surface area contributed by atoms with Crippen LogP contribution in [0.4, 0.5) is 0 Å². The molecule has 0 radical (unpaired) electrons. The number of aromatic nitrogens is 3. The van der Waals surface area contributed by atoms with E-state index >= 15 is 0 Å². The molecule has 0 amide bonds. The van der Waals surface area contributed by atoms with Crippen molar-refractivity contribution in [3.8, 4) is 0 Å². The molecule has 1 aromatic heterocycles. The molecular weight excluding hydrogens is 248 g/mol. The Morgan fingerprint density at radius 3 is 2.70 bits per heavy atom. The van der Waals surface area contributed by atoms with Gasteiger partial charge in [0.05, 0.1) is 11.7 Å². The first kappa shape index (κ1) is 15.5. The highest BCUT2D eigenvalue weighted by Gasteiger charge is 2.22. The zero-order chi connectivity index (χ0) is 14.4. The summed E-state index contributed by atoms with van der Waals surface area (Å²) in [5.41, 5.74) is 1.16. The van der Waals surface area contributed by atoms with Crippen LogP contribution in [-0.2, 0) is 6.42 Å². The first-order chi connectivity index (χ1) is 9.72. The van der Waals surface area contributed by atoms with Gasteiger partial charge in [-0.15, -0.1) is 5.10 Å². The lowest BCUT2D eigenvalue weighted by Gasteiger charge is -2.33. The summed E-state index contributed by atoms with van der Waals surface area (Å²) in [5.74, 6) is 0.818. The number of likely N-dealkylation sites (tertiary alicyclic amines) is 1. The molecule has 0 aromatic carbocycles. The van der Waals surface area contributed by atoms with E-state index in [0.717, 1.165) is 18.0 Å². The van der Waals surface area contributed by atoms with E-state index in [1.807, 2.05) is 0 Å². The number of hydrogen-bond acceptors (Lipinski definition) is 3. The summed E-state index contributed by atoms with van der Waals surface area (Å²) in [4.78, 5) is 2.61. The van der Waals surface area contributed by atoms with Gasteiger partial charge in [-0.3, -0.25) is 0 Å². The molecule has 2 rings (SSSR count). The average Bonchev–Trinajstić information content (AvgIpc) is 2.94. The van der Waals surface area contributed by atoms with Crippen LogP contribution in [0.15, 0.2) is 6.20 Å². The van der Waals surface area contributed by atoms with Crippen LogP contribution in [0, 0.1) is 5.92 Å². The van der Waals surface area contributed by atoms with Crippen LogP contribution in [0.3, 0.4) is 0 Å². The largest absolute Gasteiger partial charge is 0.303 e. The molecule has 0 bridgehead atoms. The quantitative estimate of drug-likeness (QED) is 0.767. The Bertz CT molecular complexity index is 380. The maximum atomic E-state index is 4.34. The second-order valence-electron chi connectivity index (χ2n) is 6.34. The van der Waals surface area contributed by atoms with Gasteiger partial charge in [-0.05, 0) is 31.6 Å². The van der Waals surface area contributed by atoms with Gasteiger partial charge in [0.15, 0.2) is 0 Å². The van der Waals surface area contributed by atoms with Crippen LogP contribution >= 0.6 is 0 Å². The normalized spacial score (nSPS) is 19.4. The topological polar surface area (TPSA) is 34.0 Å². The molecule has 1 unspecified atom stereocenters. The van der Waals surface area contributed by atoms with Crippen molar-refractivity contribution in [1.82, 2.24) is 19.9 Å². The highest BCUT2D eigenvalue weighted by molar-refractivity contribution is 4.94. The lowest BCUT2D eigenvalue weighted by molar-refractivity contribution is 0.159. The van der Waals surface area contributed by atoms with E-state index in [4.69, 9.17) is 0 Å². The Hall–Kier alpha value is -0.900. The molecule has 0 N–H and O–H groups in total. The predicted molar refractivity (Wildman–Crippen MR) is 82.8 cm³/mol. The molecule has 0 spiro atoms. The molecule has 2 heterocycles. The Kier molecular flexibility index (Phi) is 6.02. The van der Waals surface area contributed by atoms with Crippen molar-refractivity contribution >= 4 is 0 Å². The van der Waals surface area contributed by atoms with Gasteiger partial charge in [-0.2, -0.15) is 0 Å². The van der Waals surface area contributed by atoms with Gasteiger partial charge in [0.25, 0.3) is 0 Å². The molecule has 0 saturated carbocycles. The maximum Gasteiger partial charge on any atom is 0.0827 e. The Balaban J connectivity index is 1.79. The van der Waals surface area contributed by atoms with E-state index in [0.29, 0.717) is 6.04 Å². The zero-order valence-electron chi connectivity index (χ0n) is 13.4. The van der Waals surface area contributed by atoms with Gasteiger partial charge in [0.2, 0.25) is 0 Å². The SMILES string of the molecule is CCCCc1cn(C2CCN(CC(C)CC)CC2)nn1. The highest BCUT2D eigenvalue weighted by Crippen LogP contribution is 2.22. The van der Waals surface area contributed by atoms with Crippen LogP contribution in [0.2, 0.25) is 0 Å². The summed E-state index contributed by atoms with van der Waals surface area (Å²) >= 11 is 0. The minimum atomic E-state index is 0.561. The van der Waals surface area contributed by atoms with E-state index in [2.05, 4.69) is 46.9 Å². The minimum absolute atomic E-state index is 0.561. The van der Waals surface area contributed by atoms with Crippen LogP contribution in [0.1, 0.15) is 64.6 Å². The Morgan fingerprint density at radius 2 is 2.05 bits per heavy atom. The maximum absolute atomic E-state index is 4.34. The van der Waals surface area contributed by atoms with E-state index in [1.54, 1.807) is 0 Å². The third kappa shape index (κ3) is 4.30. The molecule has 1 fully saturated rings. The first-order valence-corrected chi connectivity index (χ1v) is 8.36. The third-order valence-corrected chi connectivity index (χ3v) is 4.54. The fourth-order valence-corrected chi connectivity index (χ4v) is 2.90. The standard InChI is InChI=1S/C16H30N4/c1-4-6-7-15-13-20(18-17-15)16-8-10-19(11-9-16)12-14(3)5-2/h13-14,16H,4-12H2,1-3H3. The number of rotatable bonds is 7. The molecule has 20 heavy (non-hydrogen) atoms. The number of aryl methyl sites for hydroxylation is 1.